The van der Waals surface area contributed by atoms with Gasteiger partial charge in [-0.25, -0.2) is 0 Å². The van der Waals surface area contributed by atoms with E-state index in [-0.39, 0.29) is 17.4 Å². The van der Waals surface area contributed by atoms with Crippen molar-refractivity contribution in [1.82, 2.24) is 20.0 Å². The number of likely N-dealkylation sites (N-methyl/N-ethyl adjacent to an activating group) is 1. The lowest BCUT2D eigenvalue weighted by Crippen LogP contribution is -2.53. The van der Waals surface area contributed by atoms with E-state index in [0.717, 1.165) is 49.8 Å². The van der Waals surface area contributed by atoms with Crippen molar-refractivity contribution in [1.29, 1.82) is 0 Å². The summed E-state index contributed by atoms with van der Waals surface area (Å²) in [4.78, 5) is 16.5. The zero-order valence-corrected chi connectivity index (χ0v) is 14.9. The molecule has 1 unspecified atom stereocenters. The predicted octanol–water partition coefficient (Wildman–Crippen LogP) is 0.518. The SMILES string of the molecule is CN1CC(O)CC2(CCN(C(=O)CSc3nnc(N)s3)CC2)C1. The third-order valence-electron chi connectivity index (χ3n) is 4.71. The van der Waals surface area contributed by atoms with Gasteiger partial charge in [-0.15, -0.1) is 10.2 Å². The number of amides is 1. The normalized spacial score (nSPS) is 25.0. The number of thioether (sulfide) groups is 1. The van der Waals surface area contributed by atoms with Crippen molar-refractivity contribution in [3.05, 3.63) is 0 Å². The van der Waals surface area contributed by atoms with Gasteiger partial charge in [0, 0.05) is 26.2 Å². The number of aliphatic hydroxyl groups is 1. The van der Waals surface area contributed by atoms with Gasteiger partial charge in [-0.05, 0) is 31.7 Å². The van der Waals surface area contributed by atoms with Gasteiger partial charge in [0.25, 0.3) is 0 Å². The lowest BCUT2D eigenvalue weighted by Gasteiger charge is -2.48. The Labute approximate surface area is 144 Å². The van der Waals surface area contributed by atoms with E-state index in [1.165, 1.54) is 23.1 Å². The first-order valence-electron chi connectivity index (χ1n) is 7.82. The van der Waals surface area contributed by atoms with E-state index in [0.29, 0.717) is 10.9 Å². The molecular weight excluding hydrogens is 334 g/mol. The Bertz CT molecular complexity index is 547. The molecule has 1 amide bonds. The molecule has 2 fully saturated rings. The highest BCUT2D eigenvalue weighted by molar-refractivity contribution is 8.01. The number of β-amino-alcohol motifs (C(OH)–C–C–N with tert-alkyl or cyclic N) is 1. The number of hydrogen-bond acceptors (Lipinski definition) is 8. The highest BCUT2D eigenvalue weighted by atomic mass is 32.2. The van der Waals surface area contributed by atoms with Gasteiger partial charge in [-0.2, -0.15) is 0 Å². The molecule has 3 heterocycles. The van der Waals surface area contributed by atoms with Crippen LogP contribution in [0.25, 0.3) is 0 Å². The molecule has 23 heavy (non-hydrogen) atoms. The number of likely N-dealkylation sites (tertiary alicyclic amines) is 2. The molecule has 3 N–H and O–H groups in total. The maximum absolute atomic E-state index is 12.3. The number of hydrogen-bond donors (Lipinski definition) is 2. The summed E-state index contributed by atoms with van der Waals surface area (Å²) in [6, 6.07) is 0. The molecule has 0 aromatic carbocycles. The van der Waals surface area contributed by atoms with Gasteiger partial charge in [-0.1, -0.05) is 23.1 Å². The summed E-state index contributed by atoms with van der Waals surface area (Å²) in [5.74, 6) is 0.521. The van der Waals surface area contributed by atoms with Crippen LogP contribution in [0.2, 0.25) is 0 Å². The molecule has 7 nitrogen and oxygen atoms in total. The number of nitrogens with zero attached hydrogens (tertiary/aromatic N) is 4. The lowest BCUT2D eigenvalue weighted by molar-refractivity contribution is -0.132. The van der Waals surface area contributed by atoms with Crippen LogP contribution in [0.1, 0.15) is 19.3 Å². The molecule has 1 atom stereocenters. The van der Waals surface area contributed by atoms with E-state index < -0.39 is 0 Å². The minimum atomic E-state index is -0.241. The maximum Gasteiger partial charge on any atom is 0.233 e. The van der Waals surface area contributed by atoms with Gasteiger partial charge in [0.2, 0.25) is 11.0 Å². The summed E-state index contributed by atoms with van der Waals surface area (Å²) in [5.41, 5.74) is 5.71. The zero-order valence-electron chi connectivity index (χ0n) is 13.3. The van der Waals surface area contributed by atoms with Crippen LogP contribution in [0.3, 0.4) is 0 Å². The molecule has 1 spiro atoms. The Morgan fingerprint density at radius 3 is 2.83 bits per heavy atom. The molecule has 0 bridgehead atoms. The number of nitrogen functional groups attached to an aromatic ring is 1. The number of carbonyl (C=O) groups excluding carboxylic acids is 1. The minimum absolute atomic E-state index is 0.142. The molecule has 0 radical (unpaired) electrons. The summed E-state index contributed by atoms with van der Waals surface area (Å²) < 4.78 is 0.737. The van der Waals surface area contributed by atoms with Gasteiger partial charge in [-0.3, -0.25) is 4.79 Å². The number of anilines is 1. The highest BCUT2D eigenvalue weighted by Gasteiger charge is 2.41. The molecule has 128 valence electrons. The van der Waals surface area contributed by atoms with Crippen LogP contribution < -0.4 is 5.73 Å². The van der Waals surface area contributed by atoms with Crippen LogP contribution in [0.5, 0.6) is 0 Å². The topological polar surface area (TPSA) is 95.6 Å². The standard InChI is InChI=1S/C14H23N5O2S2/c1-18-7-10(20)6-14(9-18)2-4-19(5-3-14)11(21)8-22-13-17-16-12(15)23-13/h10,20H,2-9H2,1H3,(H2,15,16). The fourth-order valence-electron chi connectivity index (χ4n) is 3.71. The van der Waals surface area contributed by atoms with E-state index >= 15 is 0 Å². The van der Waals surface area contributed by atoms with Crippen molar-refractivity contribution in [2.75, 3.05) is 44.7 Å². The van der Waals surface area contributed by atoms with Crippen molar-refractivity contribution in [3.8, 4) is 0 Å². The van der Waals surface area contributed by atoms with Crippen LogP contribution in [0.15, 0.2) is 4.34 Å². The fourth-order valence-corrected chi connectivity index (χ4v) is 5.25. The van der Waals surface area contributed by atoms with Gasteiger partial charge in [0.15, 0.2) is 4.34 Å². The second-order valence-electron chi connectivity index (χ2n) is 6.63. The fraction of sp³-hybridized carbons (Fsp3) is 0.786. The lowest BCUT2D eigenvalue weighted by atomic mass is 9.72. The predicted molar refractivity (Wildman–Crippen MR) is 91.4 cm³/mol. The molecule has 2 saturated heterocycles. The number of rotatable bonds is 3. The van der Waals surface area contributed by atoms with E-state index in [1.807, 2.05) is 4.90 Å². The van der Waals surface area contributed by atoms with Crippen molar-refractivity contribution in [2.45, 2.75) is 29.7 Å². The Hall–Kier alpha value is -0.900. The van der Waals surface area contributed by atoms with Crippen molar-refractivity contribution in [2.24, 2.45) is 5.41 Å². The van der Waals surface area contributed by atoms with Crippen LogP contribution in [0.4, 0.5) is 5.13 Å². The van der Waals surface area contributed by atoms with Crippen LogP contribution in [-0.2, 0) is 4.79 Å². The molecule has 1 aromatic rings. The smallest absolute Gasteiger partial charge is 0.233 e. The number of piperidine rings is 2. The van der Waals surface area contributed by atoms with Gasteiger partial charge < -0.3 is 20.6 Å². The van der Waals surface area contributed by atoms with Crippen LogP contribution in [-0.4, -0.2) is 76.1 Å². The van der Waals surface area contributed by atoms with Gasteiger partial charge in [0.05, 0.1) is 11.9 Å². The third-order valence-corrected chi connectivity index (χ3v) is 6.58. The molecule has 9 heteroatoms. The van der Waals surface area contributed by atoms with Crippen LogP contribution >= 0.6 is 23.1 Å². The molecular formula is C14H23N5O2S2. The first kappa shape index (κ1) is 16.9. The highest BCUT2D eigenvalue weighted by Crippen LogP contribution is 2.39. The Morgan fingerprint density at radius 1 is 1.48 bits per heavy atom. The third kappa shape index (κ3) is 4.14. The first-order valence-corrected chi connectivity index (χ1v) is 9.62. The molecule has 1 aromatic heterocycles. The van der Waals surface area contributed by atoms with Gasteiger partial charge in [0.1, 0.15) is 0 Å². The minimum Gasteiger partial charge on any atom is -0.392 e. The Kier molecular flexibility index (Phi) is 5.10. The maximum atomic E-state index is 12.3. The molecule has 0 aliphatic carbocycles. The van der Waals surface area contributed by atoms with Crippen LogP contribution in [0, 0.1) is 5.41 Å². The molecule has 2 aliphatic rings. The monoisotopic (exact) mass is 357 g/mol. The van der Waals surface area contributed by atoms with E-state index in [1.54, 1.807) is 0 Å². The number of aromatic nitrogens is 2. The zero-order chi connectivity index (χ0) is 16.4. The summed E-state index contributed by atoms with van der Waals surface area (Å²) in [7, 11) is 2.06. The average Bonchev–Trinajstić information content (AvgIpc) is 2.90. The quantitative estimate of drug-likeness (QED) is 0.761. The number of aliphatic hydroxyl groups excluding tert-OH is 1. The summed E-state index contributed by atoms with van der Waals surface area (Å²) in [6.07, 6.45) is 2.56. The first-order chi connectivity index (χ1) is 11.0. The van der Waals surface area contributed by atoms with Gasteiger partial charge >= 0.3 is 0 Å². The molecule has 3 rings (SSSR count). The number of nitrogens with two attached hydrogens (primary N) is 1. The van der Waals surface area contributed by atoms with Crippen molar-refractivity contribution < 1.29 is 9.90 Å². The van der Waals surface area contributed by atoms with E-state index in [4.69, 9.17) is 5.73 Å². The largest absolute Gasteiger partial charge is 0.392 e. The van der Waals surface area contributed by atoms with E-state index in [9.17, 15) is 9.90 Å². The Balaban J connectivity index is 1.49. The molecule has 0 saturated carbocycles. The van der Waals surface area contributed by atoms with E-state index in [2.05, 4.69) is 22.1 Å². The summed E-state index contributed by atoms with van der Waals surface area (Å²) >= 11 is 2.71. The molecule has 2 aliphatic heterocycles. The second-order valence-corrected chi connectivity index (χ2v) is 8.86. The second kappa shape index (κ2) is 6.92. The Morgan fingerprint density at radius 2 is 2.22 bits per heavy atom. The average molecular weight is 358 g/mol. The number of carbonyl (C=O) groups is 1. The van der Waals surface area contributed by atoms with Crippen molar-refractivity contribution in [3.63, 3.8) is 0 Å². The van der Waals surface area contributed by atoms with Crippen molar-refractivity contribution >= 4 is 34.1 Å². The summed E-state index contributed by atoms with van der Waals surface area (Å²) in [5, 5.41) is 18.1. The summed E-state index contributed by atoms with van der Waals surface area (Å²) in [6.45, 7) is 3.33.